The molecule has 0 spiro atoms. The Morgan fingerprint density at radius 3 is 2.69 bits per heavy atom. The average molecular weight is 215 g/mol. The van der Waals surface area contributed by atoms with Crippen LogP contribution in [0.5, 0.6) is 0 Å². The van der Waals surface area contributed by atoms with Crippen LogP contribution >= 0.6 is 0 Å². The summed E-state index contributed by atoms with van der Waals surface area (Å²) in [5.74, 6) is 0.624. The van der Waals surface area contributed by atoms with Gasteiger partial charge in [-0.25, -0.2) is 0 Å². The zero-order valence-corrected chi connectivity index (χ0v) is 9.84. The van der Waals surface area contributed by atoms with Crippen molar-refractivity contribution in [3.8, 4) is 0 Å². The highest BCUT2D eigenvalue weighted by Crippen LogP contribution is 2.37. The van der Waals surface area contributed by atoms with Gasteiger partial charge in [-0.1, -0.05) is 18.7 Å². The van der Waals surface area contributed by atoms with E-state index in [-0.39, 0.29) is 0 Å². The van der Waals surface area contributed by atoms with Crippen LogP contribution in [0.3, 0.4) is 0 Å². The van der Waals surface area contributed by atoms with Gasteiger partial charge in [-0.2, -0.15) is 0 Å². The van der Waals surface area contributed by atoms with Crippen molar-refractivity contribution < 1.29 is 4.79 Å². The van der Waals surface area contributed by atoms with Crippen LogP contribution in [0.1, 0.15) is 34.3 Å². The molecule has 0 aliphatic heterocycles. The SMILES string of the molecule is C=C(Nc1c(C)ccc(C=O)c1C)C1CC1. The summed E-state index contributed by atoms with van der Waals surface area (Å²) in [5.41, 5.74) is 5.04. The molecule has 1 aliphatic carbocycles. The van der Waals surface area contributed by atoms with E-state index >= 15 is 0 Å². The van der Waals surface area contributed by atoms with Gasteiger partial charge in [-0.05, 0) is 43.7 Å². The third-order valence-electron chi connectivity index (χ3n) is 3.20. The van der Waals surface area contributed by atoms with Crippen molar-refractivity contribution in [2.24, 2.45) is 5.92 Å². The van der Waals surface area contributed by atoms with E-state index in [0.29, 0.717) is 5.92 Å². The Morgan fingerprint density at radius 1 is 1.44 bits per heavy atom. The van der Waals surface area contributed by atoms with E-state index in [0.717, 1.165) is 34.4 Å². The first-order chi connectivity index (χ1) is 7.63. The first kappa shape index (κ1) is 10.9. The van der Waals surface area contributed by atoms with Crippen LogP contribution in [0, 0.1) is 19.8 Å². The summed E-state index contributed by atoms with van der Waals surface area (Å²) in [4.78, 5) is 10.9. The molecule has 1 fully saturated rings. The molecule has 0 saturated heterocycles. The summed E-state index contributed by atoms with van der Waals surface area (Å²) in [6, 6.07) is 3.84. The van der Waals surface area contributed by atoms with Crippen LogP contribution < -0.4 is 5.32 Å². The van der Waals surface area contributed by atoms with Gasteiger partial charge in [0, 0.05) is 16.9 Å². The molecule has 1 N–H and O–H groups in total. The zero-order chi connectivity index (χ0) is 11.7. The van der Waals surface area contributed by atoms with Crippen LogP contribution in [0.2, 0.25) is 0 Å². The summed E-state index contributed by atoms with van der Waals surface area (Å²) in [6.45, 7) is 8.07. The molecule has 0 bridgehead atoms. The molecule has 1 aromatic rings. The first-order valence-corrected chi connectivity index (χ1v) is 5.64. The lowest BCUT2D eigenvalue weighted by Gasteiger charge is -2.15. The highest BCUT2D eigenvalue weighted by molar-refractivity contribution is 5.82. The van der Waals surface area contributed by atoms with Gasteiger partial charge < -0.3 is 5.32 Å². The minimum atomic E-state index is 0.624. The van der Waals surface area contributed by atoms with Crippen molar-refractivity contribution in [3.63, 3.8) is 0 Å². The van der Waals surface area contributed by atoms with Gasteiger partial charge in [0.1, 0.15) is 6.29 Å². The van der Waals surface area contributed by atoms with Crippen LogP contribution in [0.4, 0.5) is 5.69 Å². The van der Waals surface area contributed by atoms with Crippen molar-refractivity contribution >= 4 is 12.0 Å². The van der Waals surface area contributed by atoms with Gasteiger partial charge in [0.2, 0.25) is 0 Å². The lowest BCUT2D eigenvalue weighted by atomic mass is 10.0. The minimum absolute atomic E-state index is 0.624. The molecular formula is C14H17NO. The topological polar surface area (TPSA) is 29.1 Å². The number of nitrogens with one attached hydrogen (secondary N) is 1. The number of hydrogen-bond acceptors (Lipinski definition) is 2. The Morgan fingerprint density at radius 2 is 2.12 bits per heavy atom. The van der Waals surface area contributed by atoms with E-state index in [1.54, 1.807) is 0 Å². The normalized spacial score (nSPS) is 14.6. The summed E-state index contributed by atoms with van der Waals surface area (Å²) in [5, 5.41) is 3.36. The Labute approximate surface area is 96.4 Å². The van der Waals surface area contributed by atoms with Gasteiger partial charge in [0.05, 0.1) is 0 Å². The van der Waals surface area contributed by atoms with Crippen molar-refractivity contribution in [2.75, 3.05) is 5.32 Å². The second-order valence-electron chi connectivity index (χ2n) is 4.51. The molecule has 0 amide bonds. The Balaban J connectivity index is 2.30. The quantitative estimate of drug-likeness (QED) is 0.779. The monoisotopic (exact) mass is 215 g/mol. The van der Waals surface area contributed by atoms with E-state index in [9.17, 15) is 4.79 Å². The molecule has 2 nitrogen and oxygen atoms in total. The molecule has 0 radical (unpaired) electrons. The number of aldehydes is 1. The fraction of sp³-hybridized carbons (Fsp3) is 0.357. The molecule has 1 saturated carbocycles. The molecule has 1 aromatic carbocycles. The van der Waals surface area contributed by atoms with Gasteiger partial charge in [-0.15, -0.1) is 0 Å². The fourth-order valence-corrected chi connectivity index (χ4v) is 1.88. The molecule has 0 heterocycles. The van der Waals surface area contributed by atoms with E-state index < -0.39 is 0 Å². The minimum Gasteiger partial charge on any atom is -0.359 e. The molecule has 2 rings (SSSR count). The summed E-state index contributed by atoms with van der Waals surface area (Å²) in [7, 11) is 0. The summed E-state index contributed by atoms with van der Waals surface area (Å²) < 4.78 is 0. The largest absolute Gasteiger partial charge is 0.359 e. The Hall–Kier alpha value is -1.57. The van der Waals surface area contributed by atoms with E-state index in [4.69, 9.17) is 0 Å². The smallest absolute Gasteiger partial charge is 0.150 e. The third kappa shape index (κ3) is 2.01. The number of benzene rings is 1. The van der Waals surface area contributed by atoms with E-state index in [2.05, 4.69) is 11.9 Å². The molecule has 0 atom stereocenters. The highest BCUT2D eigenvalue weighted by Gasteiger charge is 2.25. The lowest BCUT2D eigenvalue weighted by molar-refractivity contribution is 0.112. The zero-order valence-electron chi connectivity index (χ0n) is 9.84. The lowest BCUT2D eigenvalue weighted by Crippen LogP contribution is -2.05. The molecule has 0 unspecified atom stereocenters. The maximum absolute atomic E-state index is 10.9. The number of carbonyl (C=O) groups is 1. The van der Waals surface area contributed by atoms with Gasteiger partial charge in [0.25, 0.3) is 0 Å². The number of anilines is 1. The number of hydrogen-bond donors (Lipinski definition) is 1. The number of aryl methyl sites for hydroxylation is 1. The van der Waals surface area contributed by atoms with Gasteiger partial charge in [-0.3, -0.25) is 4.79 Å². The standard InChI is InChI=1S/C14H17NO/c1-9-4-5-13(8-16)10(2)14(9)15-11(3)12-6-7-12/h4-5,8,12,15H,3,6-7H2,1-2H3. The molecule has 84 valence electrons. The van der Waals surface area contributed by atoms with Crippen molar-refractivity contribution in [1.82, 2.24) is 0 Å². The van der Waals surface area contributed by atoms with Gasteiger partial charge >= 0.3 is 0 Å². The third-order valence-corrected chi connectivity index (χ3v) is 3.20. The van der Waals surface area contributed by atoms with E-state index in [1.165, 1.54) is 12.8 Å². The molecule has 2 heteroatoms. The first-order valence-electron chi connectivity index (χ1n) is 5.64. The molecular weight excluding hydrogens is 198 g/mol. The summed E-state index contributed by atoms with van der Waals surface area (Å²) in [6.07, 6.45) is 3.37. The maximum Gasteiger partial charge on any atom is 0.150 e. The Kier molecular flexibility index (Phi) is 2.82. The number of allylic oxidation sites excluding steroid dienone is 1. The number of rotatable bonds is 4. The van der Waals surface area contributed by atoms with Crippen molar-refractivity contribution in [2.45, 2.75) is 26.7 Å². The fourth-order valence-electron chi connectivity index (χ4n) is 1.88. The highest BCUT2D eigenvalue weighted by atomic mass is 16.1. The van der Waals surface area contributed by atoms with Crippen LogP contribution in [0.15, 0.2) is 24.4 Å². The predicted molar refractivity (Wildman–Crippen MR) is 66.8 cm³/mol. The number of carbonyl (C=O) groups excluding carboxylic acids is 1. The maximum atomic E-state index is 10.9. The molecule has 1 aliphatic rings. The predicted octanol–water partition coefficient (Wildman–Crippen LogP) is 3.45. The molecule has 0 aromatic heterocycles. The second kappa shape index (κ2) is 4.12. The van der Waals surface area contributed by atoms with Crippen LogP contribution in [-0.4, -0.2) is 6.29 Å². The van der Waals surface area contributed by atoms with Crippen molar-refractivity contribution in [3.05, 3.63) is 41.1 Å². The van der Waals surface area contributed by atoms with Crippen LogP contribution in [0.25, 0.3) is 0 Å². The van der Waals surface area contributed by atoms with Gasteiger partial charge in [0.15, 0.2) is 0 Å². The second-order valence-corrected chi connectivity index (χ2v) is 4.51. The Bertz CT molecular complexity index is 444. The van der Waals surface area contributed by atoms with Crippen LogP contribution in [-0.2, 0) is 0 Å². The molecule has 16 heavy (non-hydrogen) atoms. The van der Waals surface area contributed by atoms with E-state index in [1.807, 2.05) is 26.0 Å². The summed E-state index contributed by atoms with van der Waals surface area (Å²) >= 11 is 0. The van der Waals surface area contributed by atoms with Crippen molar-refractivity contribution in [1.29, 1.82) is 0 Å². The average Bonchev–Trinajstić information content (AvgIpc) is 3.08.